The molecule has 0 bridgehead atoms. The largest absolute Gasteiger partial charge is 0.388 e. The van der Waals surface area contributed by atoms with E-state index < -0.39 is 6.10 Å². The Bertz CT molecular complexity index is 251. The molecular weight excluding hydrogens is 238 g/mol. The van der Waals surface area contributed by atoms with E-state index in [-0.39, 0.29) is 5.92 Å². The van der Waals surface area contributed by atoms with Gasteiger partial charge < -0.3 is 10.8 Å². The number of thiophene rings is 1. The number of hydrogen-bond donors (Lipinski definition) is 2. The van der Waals surface area contributed by atoms with Crippen LogP contribution < -0.4 is 5.73 Å². The van der Waals surface area contributed by atoms with Crippen LogP contribution in [-0.2, 0) is 0 Å². The highest BCUT2D eigenvalue weighted by atomic mass is 79.9. The molecule has 1 aromatic rings. The molecule has 4 heteroatoms. The molecule has 0 spiro atoms. The third-order valence-corrected chi connectivity index (χ3v) is 3.62. The Morgan fingerprint density at radius 2 is 2.33 bits per heavy atom. The van der Waals surface area contributed by atoms with Crippen molar-refractivity contribution in [1.82, 2.24) is 0 Å². The second-order valence-electron chi connectivity index (χ2n) is 2.83. The van der Waals surface area contributed by atoms with Gasteiger partial charge in [0.25, 0.3) is 0 Å². The normalized spacial score (nSPS) is 16.0. The lowest BCUT2D eigenvalue weighted by Gasteiger charge is -2.16. The lowest BCUT2D eigenvalue weighted by atomic mass is 10.0. The number of hydrogen-bond acceptors (Lipinski definition) is 3. The second-order valence-corrected chi connectivity index (χ2v) is 4.43. The van der Waals surface area contributed by atoms with Gasteiger partial charge in [-0.1, -0.05) is 6.92 Å². The van der Waals surface area contributed by atoms with Crippen molar-refractivity contribution in [2.24, 2.45) is 11.7 Å². The van der Waals surface area contributed by atoms with Crippen LogP contribution in [0, 0.1) is 5.92 Å². The molecule has 2 nitrogen and oxygen atoms in total. The molecule has 1 heterocycles. The zero-order valence-corrected chi connectivity index (χ0v) is 9.23. The Morgan fingerprint density at radius 1 is 1.67 bits per heavy atom. The predicted molar refractivity (Wildman–Crippen MR) is 55.2 cm³/mol. The predicted octanol–water partition coefficient (Wildman–Crippen LogP) is 2.14. The third-order valence-electron chi connectivity index (χ3n) is 1.87. The van der Waals surface area contributed by atoms with Crippen LogP contribution in [0.25, 0.3) is 0 Å². The fourth-order valence-corrected chi connectivity index (χ4v) is 2.50. The van der Waals surface area contributed by atoms with Gasteiger partial charge in [0, 0.05) is 15.4 Å². The summed E-state index contributed by atoms with van der Waals surface area (Å²) in [6.45, 7) is 2.44. The first-order chi connectivity index (χ1) is 5.66. The van der Waals surface area contributed by atoms with E-state index in [9.17, 15) is 5.11 Å². The summed E-state index contributed by atoms with van der Waals surface area (Å²) in [5.74, 6) is 0.107. The van der Waals surface area contributed by atoms with Crippen LogP contribution in [0.3, 0.4) is 0 Å². The van der Waals surface area contributed by atoms with Gasteiger partial charge in [-0.2, -0.15) is 11.3 Å². The summed E-state index contributed by atoms with van der Waals surface area (Å²) in [5, 5.41) is 13.7. The van der Waals surface area contributed by atoms with Crippen molar-refractivity contribution >= 4 is 27.3 Å². The van der Waals surface area contributed by atoms with E-state index in [0.717, 1.165) is 10.0 Å². The van der Waals surface area contributed by atoms with E-state index in [2.05, 4.69) is 15.9 Å². The maximum Gasteiger partial charge on any atom is 0.0846 e. The third kappa shape index (κ3) is 2.07. The fourth-order valence-electron chi connectivity index (χ4n) is 0.938. The Morgan fingerprint density at radius 3 is 2.75 bits per heavy atom. The number of aliphatic hydroxyl groups is 1. The van der Waals surface area contributed by atoms with Crippen LogP contribution in [0.4, 0.5) is 0 Å². The summed E-state index contributed by atoms with van der Waals surface area (Å²) in [4.78, 5) is 0. The molecular formula is C8H12BrNOS. The monoisotopic (exact) mass is 249 g/mol. The fraction of sp³-hybridized carbons (Fsp3) is 0.500. The molecule has 0 fully saturated rings. The van der Waals surface area contributed by atoms with Crippen LogP contribution in [0.5, 0.6) is 0 Å². The Balaban J connectivity index is 2.77. The molecule has 0 aromatic carbocycles. The molecule has 0 aliphatic rings. The van der Waals surface area contributed by atoms with Crippen molar-refractivity contribution in [3.05, 3.63) is 20.8 Å². The smallest absolute Gasteiger partial charge is 0.0846 e. The quantitative estimate of drug-likeness (QED) is 0.863. The molecule has 0 amide bonds. The molecule has 0 aliphatic carbocycles. The summed E-state index contributed by atoms with van der Waals surface area (Å²) in [6.07, 6.45) is -0.448. The Labute approximate surface area is 84.5 Å². The zero-order valence-electron chi connectivity index (χ0n) is 6.83. The number of halogens is 1. The summed E-state index contributed by atoms with van der Waals surface area (Å²) < 4.78 is 0.973. The average Bonchev–Trinajstić information content (AvgIpc) is 2.48. The summed E-state index contributed by atoms with van der Waals surface area (Å²) in [6, 6.07) is 0. The lowest BCUT2D eigenvalue weighted by molar-refractivity contribution is 0.121. The molecule has 2 atom stereocenters. The first kappa shape index (κ1) is 10.2. The van der Waals surface area contributed by atoms with Gasteiger partial charge >= 0.3 is 0 Å². The van der Waals surface area contributed by atoms with E-state index in [1.54, 1.807) is 11.3 Å². The topological polar surface area (TPSA) is 46.2 Å². The van der Waals surface area contributed by atoms with Gasteiger partial charge in [-0.3, -0.25) is 0 Å². The summed E-state index contributed by atoms with van der Waals surface area (Å²) in [5.41, 5.74) is 6.40. The molecule has 1 rings (SSSR count). The number of rotatable bonds is 3. The minimum atomic E-state index is -0.448. The maximum absolute atomic E-state index is 9.76. The zero-order chi connectivity index (χ0) is 9.14. The van der Waals surface area contributed by atoms with E-state index >= 15 is 0 Å². The van der Waals surface area contributed by atoms with E-state index in [1.807, 2.05) is 17.7 Å². The van der Waals surface area contributed by atoms with Crippen molar-refractivity contribution in [2.45, 2.75) is 13.0 Å². The van der Waals surface area contributed by atoms with Crippen LogP contribution in [0.1, 0.15) is 18.6 Å². The SMILES string of the molecule is CC(CN)C(O)c1cscc1Br. The summed E-state index contributed by atoms with van der Waals surface area (Å²) in [7, 11) is 0. The highest BCUT2D eigenvalue weighted by Gasteiger charge is 2.17. The average molecular weight is 250 g/mol. The van der Waals surface area contributed by atoms with Crippen molar-refractivity contribution < 1.29 is 5.11 Å². The standard InChI is InChI=1S/C8H12BrNOS/c1-5(2-10)8(11)6-3-12-4-7(6)9/h3-5,8,11H,2,10H2,1H3. The minimum Gasteiger partial charge on any atom is -0.388 e. The Kier molecular flexibility index (Phi) is 3.71. The van der Waals surface area contributed by atoms with E-state index in [1.165, 1.54) is 0 Å². The van der Waals surface area contributed by atoms with Gasteiger partial charge in [0.2, 0.25) is 0 Å². The van der Waals surface area contributed by atoms with E-state index in [4.69, 9.17) is 5.73 Å². The maximum atomic E-state index is 9.76. The van der Waals surface area contributed by atoms with Crippen LogP contribution >= 0.6 is 27.3 Å². The van der Waals surface area contributed by atoms with Gasteiger partial charge in [-0.05, 0) is 33.8 Å². The molecule has 68 valence electrons. The molecule has 12 heavy (non-hydrogen) atoms. The molecule has 0 saturated carbocycles. The highest BCUT2D eigenvalue weighted by Crippen LogP contribution is 2.30. The molecule has 0 radical (unpaired) electrons. The molecule has 2 unspecified atom stereocenters. The highest BCUT2D eigenvalue weighted by molar-refractivity contribution is 9.10. The van der Waals surface area contributed by atoms with Crippen LogP contribution in [-0.4, -0.2) is 11.7 Å². The van der Waals surface area contributed by atoms with Gasteiger partial charge in [0.15, 0.2) is 0 Å². The van der Waals surface area contributed by atoms with Crippen molar-refractivity contribution in [3.63, 3.8) is 0 Å². The van der Waals surface area contributed by atoms with E-state index in [0.29, 0.717) is 6.54 Å². The minimum absolute atomic E-state index is 0.107. The molecule has 3 N–H and O–H groups in total. The van der Waals surface area contributed by atoms with Crippen LogP contribution in [0.15, 0.2) is 15.2 Å². The lowest BCUT2D eigenvalue weighted by Crippen LogP contribution is -2.18. The first-order valence-corrected chi connectivity index (χ1v) is 5.50. The second kappa shape index (κ2) is 4.37. The van der Waals surface area contributed by atoms with Crippen molar-refractivity contribution in [2.75, 3.05) is 6.54 Å². The van der Waals surface area contributed by atoms with Gasteiger partial charge in [-0.25, -0.2) is 0 Å². The molecule has 0 aliphatic heterocycles. The van der Waals surface area contributed by atoms with Gasteiger partial charge in [0.05, 0.1) is 6.10 Å². The molecule has 0 saturated heterocycles. The van der Waals surface area contributed by atoms with Gasteiger partial charge in [-0.15, -0.1) is 0 Å². The first-order valence-electron chi connectivity index (χ1n) is 3.76. The van der Waals surface area contributed by atoms with Crippen molar-refractivity contribution in [3.8, 4) is 0 Å². The number of nitrogens with two attached hydrogens (primary N) is 1. The Hall–Kier alpha value is 0.100. The van der Waals surface area contributed by atoms with Gasteiger partial charge in [0.1, 0.15) is 0 Å². The summed E-state index contributed by atoms with van der Waals surface area (Å²) >= 11 is 4.95. The molecule has 1 aromatic heterocycles. The van der Waals surface area contributed by atoms with Crippen molar-refractivity contribution in [1.29, 1.82) is 0 Å². The number of aliphatic hydroxyl groups excluding tert-OH is 1. The van der Waals surface area contributed by atoms with Crippen LogP contribution in [0.2, 0.25) is 0 Å².